The summed E-state index contributed by atoms with van der Waals surface area (Å²) in [5.41, 5.74) is 1.54. The maximum atomic E-state index is 11.3. The fraction of sp³-hybridized carbons (Fsp3) is 0.647. The van der Waals surface area contributed by atoms with Gasteiger partial charge in [-0.1, -0.05) is 6.92 Å². The summed E-state index contributed by atoms with van der Waals surface area (Å²) in [6.07, 6.45) is 7.75. The molecule has 4 rings (SSSR count). The van der Waals surface area contributed by atoms with Gasteiger partial charge in [0.05, 0.1) is 12.4 Å². The summed E-state index contributed by atoms with van der Waals surface area (Å²) >= 11 is 0. The van der Waals surface area contributed by atoms with Gasteiger partial charge in [0.2, 0.25) is 0 Å². The molecule has 1 saturated heterocycles. The van der Waals surface area contributed by atoms with Gasteiger partial charge >= 0.3 is 5.97 Å². The van der Waals surface area contributed by atoms with Crippen LogP contribution in [0.5, 0.6) is 0 Å². The normalized spacial score (nSPS) is 23.1. The minimum absolute atomic E-state index is 0.0766. The van der Waals surface area contributed by atoms with Crippen LogP contribution >= 0.6 is 0 Å². The summed E-state index contributed by atoms with van der Waals surface area (Å²) in [6.45, 7) is 3.02. The van der Waals surface area contributed by atoms with Crippen molar-refractivity contribution in [3.05, 3.63) is 12.7 Å². The molecule has 1 aliphatic carbocycles. The molecule has 0 aromatic carbocycles. The Hall–Kier alpha value is -2.22. The van der Waals surface area contributed by atoms with Crippen molar-refractivity contribution in [2.45, 2.75) is 51.4 Å². The van der Waals surface area contributed by atoms with Crippen molar-refractivity contribution in [1.82, 2.24) is 19.5 Å². The molecular formula is C17H23N5O3. The van der Waals surface area contributed by atoms with Crippen LogP contribution in [-0.2, 0) is 14.3 Å². The highest BCUT2D eigenvalue weighted by atomic mass is 16.6. The fourth-order valence-electron chi connectivity index (χ4n) is 3.06. The van der Waals surface area contributed by atoms with Crippen LogP contribution in [0.2, 0.25) is 0 Å². The number of hydrogen-bond donors (Lipinski definition) is 1. The number of nitrogens with zero attached hydrogens (tertiary/aromatic N) is 4. The highest BCUT2D eigenvalue weighted by Gasteiger charge is 2.29. The van der Waals surface area contributed by atoms with E-state index in [1.807, 2.05) is 4.57 Å². The summed E-state index contributed by atoms with van der Waals surface area (Å²) < 4.78 is 13.2. The molecule has 2 fully saturated rings. The Labute approximate surface area is 145 Å². The molecule has 2 atom stereocenters. The molecule has 0 amide bonds. The lowest BCUT2D eigenvalue weighted by Gasteiger charge is -2.15. The zero-order chi connectivity index (χ0) is 17.2. The highest BCUT2D eigenvalue weighted by Crippen LogP contribution is 2.32. The first kappa shape index (κ1) is 16.3. The number of rotatable bonds is 7. The molecule has 1 aliphatic heterocycles. The lowest BCUT2D eigenvalue weighted by Crippen LogP contribution is -2.19. The van der Waals surface area contributed by atoms with Crippen LogP contribution in [0.1, 0.15) is 45.3 Å². The van der Waals surface area contributed by atoms with Crippen LogP contribution in [0.15, 0.2) is 12.7 Å². The van der Waals surface area contributed by atoms with E-state index in [2.05, 4.69) is 20.3 Å². The number of hydrogen-bond acceptors (Lipinski definition) is 7. The Bertz CT molecular complexity index is 758. The zero-order valence-electron chi connectivity index (χ0n) is 14.4. The smallest absolute Gasteiger partial charge is 0.305 e. The standard InChI is InChI=1S/C17H23N5O3/c1-2-14(23)24-8-12-5-6-13(25-12)22-10-21-15-16(18-7-11-3-4-11)19-9-20-17(15)22/h9-13H,2-8H2,1H3,(H,18,19,20)/t12-,13+/m0/s1. The number of esters is 1. The summed E-state index contributed by atoms with van der Waals surface area (Å²) in [5, 5.41) is 3.38. The van der Waals surface area contributed by atoms with Gasteiger partial charge in [0.15, 0.2) is 17.0 Å². The number of anilines is 1. The first-order chi connectivity index (χ1) is 12.2. The molecule has 1 saturated carbocycles. The van der Waals surface area contributed by atoms with E-state index in [1.54, 1.807) is 19.6 Å². The fourth-order valence-corrected chi connectivity index (χ4v) is 3.06. The number of nitrogens with one attached hydrogen (secondary N) is 1. The third-order valence-electron chi connectivity index (χ3n) is 4.73. The molecule has 2 aromatic rings. The van der Waals surface area contributed by atoms with E-state index in [9.17, 15) is 4.79 Å². The van der Waals surface area contributed by atoms with Crippen molar-refractivity contribution in [1.29, 1.82) is 0 Å². The minimum atomic E-state index is -0.195. The molecule has 0 unspecified atom stereocenters. The monoisotopic (exact) mass is 345 g/mol. The molecule has 8 heteroatoms. The molecule has 2 aliphatic rings. The van der Waals surface area contributed by atoms with Gasteiger partial charge in [0, 0.05) is 13.0 Å². The van der Waals surface area contributed by atoms with Crippen LogP contribution in [-0.4, -0.2) is 44.7 Å². The van der Waals surface area contributed by atoms with E-state index < -0.39 is 0 Å². The Morgan fingerprint density at radius 2 is 2.20 bits per heavy atom. The number of carbonyl (C=O) groups excluding carboxylic acids is 1. The Morgan fingerprint density at radius 1 is 1.32 bits per heavy atom. The van der Waals surface area contributed by atoms with Gasteiger partial charge in [-0.05, 0) is 31.6 Å². The quantitative estimate of drug-likeness (QED) is 0.770. The molecular weight excluding hydrogens is 322 g/mol. The molecule has 0 bridgehead atoms. The molecule has 25 heavy (non-hydrogen) atoms. The molecule has 2 aromatic heterocycles. The van der Waals surface area contributed by atoms with Crippen molar-refractivity contribution in [3.63, 3.8) is 0 Å². The minimum Gasteiger partial charge on any atom is -0.463 e. The average Bonchev–Trinajstić information content (AvgIpc) is 3.17. The summed E-state index contributed by atoms with van der Waals surface area (Å²) in [4.78, 5) is 24.5. The topological polar surface area (TPSA) is 91.2 Å². The largest absolute Gasteiger partial charge is 0.463 e. The molecule has 1 N–H and O–H groups in total. The second-order valence-electron chi connectivity index (χ2n) is 6.70. The first-order valence-electron chi connectivity index (χ1n) is 8.97. The van der Waals surface area contributed by atoms with Crippen molar-refractivity contribution in [2.75, 3.05) is 18.5 Å². The van der Waals surface area contributed by atoms with Crippen molar-refractivity contribution in [2.24, 2.45) is 5.92 Å². The Kier molecular flexibility index (Phi) is 4.52. The van der Waals surface area contributed by atoms with Gasteiger partial charge in [0.1, 0.15) is 19.2 Å². The Balaban J connectivity index is 1.44. The maximum Gasteiger partial charge on any atom is 0.305 e. The highest BCUT2D eigenvalue weighted by molar-refractivity contribution is 5.82. The van der Waals surface area contributed by atoms with Crippen LogP contribution in [0.4, 0.5) is 5.82 Å². The van der Waals surface area contributed by atoms with Gasteiger partial charge < -0.3 is 14.8 Å². The third-order valence-corrected chi connectivity index (χ3v) is 4.73. The van der Waals surface area contributed by atoms with Crippen LogP contribution in [0.25, 0.3) is 11.2 Å². The van der Waals surface area contributed by atoms with Crippen LogP contribution < -0.4 is 5.32 Å². The molecule has 3 heterocycles. The number of imidazole rings is 1. The summed E-state index contributed by atoms with van der Waals surface area (Å²) in [7, 11) is 0. The van der Waals surface area contributed by atoms with Gasteiger partial charge in [-0.2, -0.15) is 0 Å². The zero-order valence-corrected chi connectivity index (χ0v) is 14.4. The third kappa shape index (κ3) is 3.58. The van der Waals surface area contributed by atoms with Crippen molar-refractivity contribution in [3.8, 4) is 0 Å². The molecule has 0 spiro atoms. The predicted molar refractivity (Wildman–Crippen MR) is 90.9 cm³/mol. The molecule has 8 nitrogen and oxygen atoms in total. The average molecular weight is 345 g/mol. The molecule has 134 valence electrons. The van der Waals surface area contributed by atoms with Crippen LogP contribution in [0.3, 0.4) is 0 Å². The number of carbonyl (C=O) groups is 1. The maximum absolute atomic E-state index is 11.3. The Morgan fingerprint density at radius 3 is 3.00 bits per heavy atom. The van der Waals surface area contributed by atoms with Gasteiger partial charge in [0.25, 0.3) is 0 Å². The van der Waals surface area contributed by atoms with E-state index in [-0.39, 0.29) is 18.3 Å². The van der Waals surface area contributed by atoms with E-state index in [4.69, 9.17) is 9.47 Å². The van der Waals surface area contributed by atoms with Gasteiger partial charge in [-0.25, -0.2) is 15.0 Å². The second-order valence-corrected chi connectivity index (χ2v) is 6.70. The SMILES string of the molecule is CCC(=O)OC[C@@H]1CC[C@H](n2cnc3c(NCC4CC4)ncnc32)O1. The van der Waals surface area contributed by atoms with Crippen molar-refractivity contribution < 1.29 is 14.3 Å². The van der Waals surface area contributed by atoms with Gasteiger partial charge in [-0.15, -0.1) is 0 Å². The molecule has 0 radical (unpaired) electrons. The van der Waals surface area contributed by atoms with E-state index in [1.165, 1.54) is 12.8 Å². The van der Waals surface area contributed by atoms with Crippen LogP contribution in [0, 0.1) is 5.92 Å². The summed E-state index contributed by atoms with van der Waals surface area (Å²) in [5.74, 6) is 1.35. The first-order valence-corrected chi connectivity index (χ1v) is 8.97. The lowest BCUT2D eigenvalue weighted by atomic mass is 10.2. The van der Waals surface area contributed by atoms with Crippen molar-refractivity contribution >= 4 is 23.0 Å². The van der Waals surface area contributed by atoms with E-state index >= 15 is 0 Å². The number of ether oxygens (including phenoxy) is 2. The summed E-state index contributed by atoms with van der Waals surface area (Å²) in [6, 6.07) is 0. The van der Waals surface area contributed by atoms with Gasteiger partial charge in [-0.3, -0.25) is 9.36 Å². The van der Waals surface area contributed by atoms with E-state index in [0.717, 1.165) is 42.3 Å². The number of fused-ring (bicyclic) bond motifs is 1. The predicted octanol–water partition coefficient (Wildman–Crippen LogP) is 2.28. The second kappa shape index (κ2) is 6.95. The lowest BCUT2D eigenvalue weighted by molar-refractivity contribution is -0.148. The number of aromatic nitrogens is 4. The van der Waals surface area contributed by atoms with E-state index in [0.29, 0.717) is 13.0 Å².